The largest absolute Gasteiger partial charge is 0.497 e. The van der Waals surface area contributed by atoms with Crippen LogP contribution in [0.4, 0.5) is 0 Å². The number of para-hydroxylation sites is 1. The lowest BCUT2D eigenvalue weighted by atomic mass is 9.75. The number of hydrogen-bond acceptors (Lipinski definition) is 5. The summed E-state index contributed by atoms with van der Waals surface area (Å²) in [5, 5.41) is 2.88. The lowest BCUT2D eigenvalue weighted by Gasteiger charge is -2.26. The lowest BCUT2D eigenvalue weighted by Crippen LogP contribution is -2.41. The number of likely N-dealkylation sites (N-methyl/N-ethyl adjacent to an activating group) is 1. The van der Waals surface area contributed by atoms with Crippen LogP contribution in [0.3, 0.4) is 0 Å². The number of nitrogens with one attached hydrogen (secondary N) is 1. The maximum atomic E-state index is 13.0. The average molecular weight is 410 g/mol. The number of amides is 3. The Hall–Kier alpha value is -3.35. The molecule has 1 aliphatic heterocycles. The highest BCUT2D eigenvalue weighted by molar-refractivity contribution is 6.10. The Balaban J connectivity index is 1.74. The normalized spacial score (nSPS) is 18.4. The van der Waals surface area contributed by atoms with Gasteiger partial charge in [0.2, 0.25) is 17.7 Å². The molecule has 0 bridgehead atoms. The summed E-state index contributed by atoms with van der Waals surface area (Å²) in [6, 6.07) is 14.6. The third-order valence-electron chi connectivity index (χ3n) is 5.56. The second kappa shape index (κ2) is 8.98. The fourth-order valence-electron chi connectivity index (χ4n) is 3.85. The molecule has 1 heterocycles. The van der Waals surface area contributed by atoms with Gasteiger partial charge in [0.05, 0.1) is 19.6 Å². The van der Waals surface area contributed by atoms with Crippen LogP contribution in [0.15, 0.2) is 48.5 Å². The third-order valence-corrected chi connectivity index (χ3v) is 5.56. The number of benzene rings is 2. The first-order valence-corrected chi connectivity index (χ1v) is 9.75. The van der Waals surface area contributed by atoms with Gasteiger partial charge in [0.1, 0.15) is 11.5 Å². The molecular formula is C23H26N2O5. The Morgan fingerprint density at radius 2 is 1.77 bits per heavy atom. The topological polar surface area (TPSA) is 84.9 Å². The number of nitrogens with zero attached hydrogens (tertiary/aromatic N) is 1. The molecule has 2 aromatic rings. The van der Waals surface area contributed by atoms with E-state index in [0.717, 1.165) is 16.2 Å². The third kappa shape index (κ3) is 4.15. The van der Waals surface area contributed by atoms with Gasteiger partial charge in [-0.25, -0.2) is 0 Å². The minimum atomic E-state index is -1.20. The molecule has 1 N–H and O–H groups in total. The van der Waals surface area contributed by atoms with Crippen LogP contribution in [-0.4, -0.2) is 50.4 Å². The van der Waals surface area contributed by atoms with Gasteiger partial charge >= 0.3 is 0 Å². The van der Waals surface area contributed by atoms with Gasteiger partial charge in [-0.1, -0.05) is 30.3 Å². The molecular weight excluding hydrogens is 384 g/mol. The van der Waals surface area contributed by atoms with E-state index in [1.54, 1.807) is 38.5 Å². The zero-order valence-electron chi connectivity index (χ0n) is 17.4. The molecule has 1 atom stereocenters. The number of ether oxygens (including phenoxy) is 2. The molecule has 0 unspecified atom stereocenters. The minimum Gasteiger partial charge on any atom is -0.497 e. The number of rotatable bonds is 8. The Morgan fingerprint density at radius 3 is 2.37 bits per heavy atom. The summed E-state index contributed by atoms with van der Waals surface area (Å²) in [7, 11) is 4.61. The summed E-state index contributed by atoms with van der Waals surface area (Å²) >= 11 is 0. The first kappa shape index (κ1) is 21.4. The van der Waals surface area contributed by atoms with E-state index >= 15 is 0 Å². The van der Waals surface area contributed by atoms with Crippen LogP contribution in [0.1, 0.15) is 24.0 Å². The van der Waals surface area contributed by atoms with Gasteiger partial charge in [-0.05, 0) is 35.7 Å². The van der Waals surface area contributed by atoms with Gasteiger partial charge < -0.3 is 14.8 Å². The molecule has 3 rings (SSSR count). The predicted octanol–water partition coefficient (Wildman–Crippen LogP) is 2.08. The maximum absolute atomic E-state index is 13.0. The number of likely N-dealkylation sites (tertiary alicyclic amines) is 1. The Bertz CT molecular complexity index is 941. The maximum Gasteiger partial charge on any atom is 0.240 e. The van der Waals surface area contributed by atoms with Crippen molar-refractivity contribution in [2.45, 2.75) is 24.7 Å². The van der Waals surface area contributed by atoms with Gasteiger partial charge in [-0.15, -0.1) is 0 Å². The summed E-state index contributed by atoms with van der Waals surface area (Å²) in [4.78, 5) is 39.1. The SMILES string of the molecule is COc1ccc([C@]2(CC(=O)NCCc3ccccc3OC)CC(=O)N(C)C2=O)cc1. The molecule has 1 fully saturated rings. The van der Waals surface area contributed by atoms with Gasteiger partial charge in [-0.3, -0.25) is 19.3 Å². The molecule has 0 radical (unpaired) electrons. The van der Waals surface area contributed by atoms with Crippen molar-refractivity contribution in [2.24, 2.45) is 0 Å². The predicted molar refractivity (Wildman–Crippen MR) is 111 cm³/mol. The fourth-order valence-corrected chi connectivity index (χ4v) is 3.85. The zero-order chi connectivity index (χ0) is 21.7. The van der Waals surface area contributed by atoms with Crippen LogP contribution in [-0.2, 0) is 26.2 Å². The van der Waals surface area contributed by atoms with Crippen molar-refractivity contribution in [3.05, 3.63) is 59.7 Å². The van der Waals surface area contributed by atoms with Gasteiger partial charge in [0, 0.05) is 26.4 Å². The monoisotopic (exact) mass is 410 g/mol. The fraction of sp³-hybridized carbons (Fsp3) is 0.348. The van der Waals surface area contributed by atoms with E-state index in [2.05, 4.69) is 5.32 Å². The molecule has 1 saturated heterocycles. The summed E-state index contributed by atoms with van der Waals surface area (Å²) in [6.45, 7) is 0.399. The minimum absolute atomic E-state index is 0.0331. The second-order valence-corrected chi connectivity index (χ2v) is 7.33. The van der Waals surface area contributed by atoms with E-state index in [9.17, 15) is 14.4 Å². The van der Waals surface area contributed by atoms with Crippen molar-refractivity contribution in [2.75, 3.05) is 27.8 Å². The number of methoxy groups -OCH3 is 2. The molecule has 1 aliphatic rings. The lowest BCUT2D eigenvalue weighted by molar-refractivity contribution is -0.139. The van der Waals surface area contributed by atoms with Crippen LogP contribution in [0.2, 0.25) is 0 Å². The Labute approximate surface area is 176 Å². The highest BCUT2D eigenvalue weighted by Crippen LogP contribution is 2.39. The van der Waals surface area contributed by atoms with E-state index < -0.39 is 5.41 Å². The van der Waals surface area contributed by atoms with Crippen LogP contribution in [0.5, 0.6) is 11.5 Å². The molecule has 0 spiro atoms. The first-order chi connectivity index (χ1) is 14.4. The van der Waals surface area contributed by atoms with Gasteiger partial charge in [-0.2, -0.15) is 0 Å². The van der Waals surface area contributed by atoms with Gasteiger partial charge in [0.15, 0.2) is 0 Å². The molecule has 0 saturated carbocycles. The van der Waals surface area contributed by atoms with Crippen LogP contribution >= 0.6 is 0 Å². The van der Waals surface area contributed by atoms with E-state index in [1.807, 2.05) is 24.3 Å². The van der Waals surface area contributed by atoms with Crippen molar-refractivity contribution in [3.63, 3.8) is 0 Å². The highest BCUT2D eigenvalue weighted by Gasteiger charge is 2.52. The summed E-state index contributed by atoms with van der Waals surface area (Å²) < 4.78 is 10.5. The molecule has 0 aromatic heterocycles. The van der Waals surface area contributed by atoms with E-state index in [1.165, 1.54) is 7.05 Å². The molecule has 0 aliphatic carbocycles. The van der Waals surface area contributed by atoms with E-state index in [4.69, 9.17) is 9.47 Å². The number of carbonyl (C=O) groups excluding carboxylic acids is 3. The summed E-state index contributed by atoms with van der Waals surface area (Å²) in [6.07, 6.45) is 0.465. The second-order valence-electron chi connectivity index (χ2n) is 7.33. The van der Waals surface area contributed by atoms with Crippen molar-refractivity contribution in [1.29, 1.82) is 0 Å². The number of imide groups is 1. The first-order valence-electron chi connectivity index (χ1n) is 9.75. The molecule has 2 aromatic carbocycles. The Kier molecular flexibility index (Phi) is 6.40. The van der Waals surface area contributed by atoms with Crippen LogP contribution < -0.4 is 14.8 Å². The van der Waals surface area contributed by atoms with Crippen molar-refractivity contribution < 1.29 is 23.9 Å². The molecule has 7 heteroatoms. The van der Waals surface area contributed by atoms with Crippen molar-refractivity contribution >= 4 is 17.7 Å². The van der Waals surface area contributed by atoms with Crippen LogP contribution in [0.25, 0.3) is 0 Å². The standard InChI is InChI=1S/C23H26N2O5/c1-25-21(27)15-23(22(25)28,17-8-10-18(29-2)11-9-17)14-20(26)24-13-12-16-6-4-5-7-19(16)30-3/h4-11H,12-15H2,1-3H3,(H,24,26)/t23-/m0/s1. The average Bonchev–Trinajstić information content (AvgIpc) is 2.98. The van der Waals surface area contributed by atoms with Crippen molar-refractivity contribution in [1.82, 2.24) is 10.2 Å². The molecule has 3 amide bonds. The quantitative estimate of drug-likeness (QED) is 0.674. The Morgan fingerprint density at radius 1 is 1.07 bits per heavy atom. The summed E-state index contributed by atoms with van der Waals surface area (Å²) in [5.41, 5.74) is 0.412. The highest BCUT2D eigenvalue weighted by atomic mass is 16.5. The molecule has 7 nitrogen and oxygen atoms in total. The van der Waals surface area contributed by atoms with E-state index in [-0.39, 0.29) is 30.6 Å². The zero-order valence-corrected chi connectivity index (χ0v) is 17.4. The van der Waals surface area contributed by atoms with Gasteiger partial charge in [0.25, 0.3) is 0 Å². The smallest absolute Gasteiger partial charge is 0.240 e. The molecule has 30 heavy (non-hydrogen) atoms. The number of hydrogen-bond donors (Lipinski definition) is 1. The van der Waals surface area contributed by atoms with Crippen molar-refractivity contribution in [3.8, 4) is 11.5 Å². The van der Waals surface area contributed by atoms with E-state index in [0.29, 0.717) is 24.3 Å². The number of carbonyl (C=O) groups is 3. The molecule has 158 valence electrons. The van der Waals surface area contributed by atoms with Crippen LogP contribution in [0, 0.1) is 0 Å². The summed E-state index contributed by atoms with van der Waals surface area (Å²) in [5.74, 6) is 0.465.